The Morgan fingerprint density at radius 1 is 1.50 bits per heavy atom. The summed E-state index contributed by atoms with van der Waals surface area (Å²) in [5, 5.41) is 7.35. The number of nitrogens with zero attached hydrogens (tertiary/aromatic N) is 3. The highest BCUT2D eigenvalue weighted by Crippen LogP contribution is 2.31. The van der Waals surface area contributed by atoms with Crippen molar-refractivity contribution in [3.05, 3.63) is 41.6 Å². The number of aromatic nitrogens is 2. The van der Waals surface area contributed by atoms with Crippen LogP contribution in [-0.4, -0.2) is 33.3 Å². The third kappa shape index (κ3) is 3.80. The molecule has 0 saturated carbocycles. The summed E-state index contributed by atoms with van der Waals surface area (Å²) in [5.74, 6) is 1.90. The van der Waals surface area contributed by atoms with Crippen LogP contribution in [0.5, 0.6) is 0 Å². The quantitative estimate of drug-likeness (QED) is 0.916. The molecule has 1 aliphatic rings. The monoisotopic (exact) mass is 330 g/mol. The first kappa shape index (κ1) is 16.6. The Hall–Kier alpha value is -2.24. The van der Waals surface area contributed by atoms with E-state index in [9.17, 15) is 4.79 Å². The second-order valence-corrected chi connectivity index (χ2v) is 6.70. The first-order valence-corrected chi connectivity index (χ1v) is 8.64. The number of hydrogen-bond acceptors (Lipinski definition) is 3. The van der Waals surface area contributed by atoms with E-state index in [0.29, 0.717) is 0 Å². The summed E-state index contributed by atoms with van der Waals surface area (Å²) in [6.45, 7) is 4.79. The van der Waals surface area contributed by atoms with Gasteiger partial charge in [0.2, 0.25) is 0 Å². The average molecular weight is 330 g/mol. The van der Waals surface area contributed by atoms with Gasteiger partial charge in [-0.25, -0.2) is 4.79 Å². The van der Waals surface area contributed by atoms with Gasteiger partial charge in [-0.05, 0) is 45.2 Å². The standard InChI is InChI=1S/C18H26N4O2/c1-13(6-8-16-9-7-14(2)24-16)20-18(23)22-10-4-5-17(22)15-11-19-21(3)12-15/h7,9,11-13,17H,4-6,8,10H2,1-3H3,(H,20,23)/t13-,17+/m0/s1. The first-order chi connectivity index (χ1) is 11.5. The number of rotatable bonds is 5. The Balaban J connectivity index is 1.53. The number of nitrogens with one attached hydrogen (secondary N) is 1. The molecule has 2 amide bonds. The molecule has 2 atom stereocenters. The third-order valence-electron chi connectivity index (χ3n) is 4.61. The largest absolute Gasteiger partial charge is 0.466 e. The van der Waals surface area contributed by atoms with E-state index in [-0.39, 0.29) is 18.1 Å². The maximum absolute atomic E-state index is 12.6. The van der Waals surface area contributed by atoms with Crippen molar-refractivity contribution in [1.82, 2.24) is 20.0 Å². The Bertz CT molecular complexity index is 691. The summed E-state index contributed by atoms with van der Waals surface area (Å²) in [7, 11) is 1.90. The Labute approximate surface area is 142 Å². The van der Waals surface area contributed by atoms with Crippen molar-refractivity contribution < 1.29 is 9.21 Å². The van der Waals surface area contributed by atoms with E-state index in [1.807, 2.05) is 50.3 Å². The molecule has 0 unspecified atom stereocenters. The zero-order chi connectivity index (χ0) is 17.1. The van der Waals surface area contributed by atoms with Crippen LogP contribution in [0.4, 0.5) is 4.79 Å². The number of furan rings is 1. The lowest BCUT2D eigenvalue weighted by atomic mass is 10.1. The minimum atomic E-state index is 0.0180. The van der Waals surface area contributed by atoms with Gasteiger partial charge in [-0.15, -0.1) is 0 Å². The molecule has 130 valence electrons. The number of carbonyl (C=O) groups excluding carboxylic acids is 1. The molecule has 3 heterocycles. The molecule has 1 fully saturated rings. The molecule has 0 aliphatic carbocycles. The molecule has 24 heavy (non-hydrogen) atoms. The van der Waals surface area contributed by atoms with E-state index in [0.717, 1.165) is 49.3 Å². The summed E-state index contributed by atoms with van der Waals surface area (Å²) in [6.07, 6.45) is 7.59. The lowest BCUT2D eigenvalue weighted by Crippen LogP contribution is -2.43. The van der Waals surface area contributed by atoms with Crippen LogP contribution in [0.1, 0.15) is 49.3 Å². The summed E-state index contributed by atoms with van der Waals surface area (Å²) < 4.78 is 7.37. The number of hydrogen-bond donors (Lipinski definition) is 1. The molecule has 2 aromatic heterocycles. The highest BCUT2D eigenvalue weighted by atomic mass is 16.3. The van der Waals surface area contributed by atoms with Crippen LogP contribution in [0.15, 0.2) is 28.9 Å². The zero-order valence-corrected chi connectivity index (χ0v) is 14.7. The summed E-state index contributed by atoms with van der Waals surface area (Å²) in [5.41, 5.74) is 1.11. The maximum atomic E-state index is 12.6. The Kier molecular flexibility index (Phi) is 4.92. The lowest BCUT2D eigenvalue weighted by molar-refractivity contribution is 0.189. The van der Waals surface area contributed by atoms with Gasteiger partial charge in [-0.2, -0.15) is 5.10 Å². The molecule has 0 radical (unpaired) electrons. The summed E-state index contributed by atoms with van der Waals surface area (Å²) in [4.78, 5) is 14.6. The minimum absolute atomic E-state index is 0.0180. The molecular weight excluding hydrogens is 304 g/mol. The molecule has 1 saturated heterocycles. The lowest BCUT2D eigenvalue weighted by Gasteiger charge is -2.26. The van der Waals surface area contributed by atoms with Crippen molar-refractivity contribution in [2.45, 2.75) is 51.6 Å². The van der Waals surface area contributed by atoms with Crippen LogP contribution in [0, 0.1) is 6.92 Å². The van der Waals surface area contributed by atoms with Gasteiger partial charge in [0.1, 0.15) is 11.5 Å². The molecule has 0 bridgehead atoms. The van der Waals surface area contributed by atoms with Crippen LogP contribution in [0.3, 0.4) is 0 Å². The van der Waals surface area contributed by atoms with Gasteiger partial charge in [0.25, 0.3) is 0 Å². The van der Waals surface area contributed by atoms with Crippen LogP contribution in [0.25, 0.3) is 0 Å². The van der Waals surface area contributed by atoms with Gasteiger partial charge < -0.3 is 14.6 Å². The van der Waals surface area contributed by atoms with Crippen molar-refractivity contribution in [3.63, 3.8) is 0 Å². The highest BCUT2D eigenvalue weighted by molar-refractivity contribution is 5.75. The fourth-order valence-electron chi connectivity index (χ4n) is 3.31. The van der Waals surface area contributed by atoms with E-state index in [2.05, 4.69) is 10.4 Å². The van der Waals surface area contributed by atoms with Gasteiger partial charge in [0, 0.05) is 37.8 Å². The number of aryl methyl sites for hydroxylation is 3. The van der Waals surface area contributed by atoms with Gasteiger partial charge in [-0.1, -0.05) is 0 Å². The van der Waals surface area contributed by atoms with Crippen molar-refractivity contribution in [2.24, 2.45) is 7.05 Å². The second kappa shape index (κ2) is 7.11. The van der Waals surface area contributed by atoms with Gasteiger partial charge >= 0.3 is 6.03 Å². The number of amides is 2. The molecule has 0 aromatic carbocycles. The number of carbonyl (C=O) groups is 1. The molecule has 6 nitrogen and oxygen atoms in total. The van der Waals surface area contributed by atoms with Crippen molar-refractivity contribution >= 4 is 6.03 Å². The summed E-state index contributed by atoms with van der Waals surface area (Å²) >= 11 is 0. The topological polar surface area (TPSA) is 63.3 Å². The predicted molar refractivity (Wildman–Crippen MR) is 91.6 cm³/mol. The highest BCUT2D eigenvalue weighted by Gasteiger charge is 2.31. The number of likely N-dealkylation sites (tertiary alicyclic amines) is 1. The van der Waals surface area contributed by atoms with E-state index in [1.54, 1.807) is 4.68 Å². The maximum Gasteiger partial charge on any atom is 0.318 e. The van der Waals surface area contributed by atoms with Crippen molar-refractivity contribution in [2.75, 3.05) is 6.54 Å². The average Bonchev–Trinajstić information content (AvgIpc) is 3.25. The Morgan fingerprint density at radius 3 is 3.00 bits per heavy atom. The van der Waals surface area contributed by atoms with Gasteiger partial charge in [0.15, 0.2) is 0 Å². The van der Waals surface area contributed by atoms with E-state index in [1.165, 1.54) is 0 Å². The van der Waals surface area contributed by atoms with Crippen LogP contribution < -0.4 is 5.32 Å². The molecule has 3 rings (SSSR count). The van der Waals surface area contributed by atoms with Crippen molar-refractivity contribution in [3.8, 4) is 0 Å². The summed E-state index contributed by atoms with van der Waals surface area (Å²) in [6, 6.07) is 4.24. The second-order valence-electron chi connectivity index (χ2n) is 6.70. The molecule has 0 spiro atoms. The van der Waals surface area contributed by atoms with Gasteiger partial charge in [0.05, 0.1) is 12.2 Å². The first-order valence-electron chi connectivity index (χ1n) is 8.64. The minimum Gasteiger partial charge on any atom is -0.466 e. The van der Waals surface area contributed by atoms with Crippen molar-refractivity contribution in [1.29, 1.82) is 0 Å². The van der Waals surface area contributed by atoms with Crippen LogP contribution >= 0.6 is 0 Å². The molecule has 1 N–H and O–H groups in total. The van der Waals surface area contributed by atoms with Crippen LogP contribution in [0.2, 0.25) is 0 Å². The molecule has 2 aromatic rings. The predicted octanol–water partition coefficient (Wildman–Crippen LogP) is 3.19. The fourth-order valence-corrected chi connectivity index (χ4v) is 3.31. The van der Waals surface area contributed by atoms with Crippen LogP contribution in [-0.2, 0) is 13.5 Å². The Morgan fingerprint density at radius 2 is 2.33 bits per heavy atom. The third-order valence-corrected chi connectivity index (χ3v) is 4.61. The number of urea groups is 1. The SMILES string of the molecule is Cc1ccc(CC[C@H](C)NC(=O)N2CCC[C@@H]2c2cnn(C)c2)o1. The zero-order valence-electron chi connectivity index (χ0n) is 14.7. The van der Waals surface area contributed by atoms with E-state index < -0.39 is 0 Å². The smallest absolute Gasteiger partial charge is 0.318 e. The van der Waals surface area contributed by atoms with E-state index in [4.69, 9.17) is 4.42 Å². The molecule has 1 aliphatic heterocycles. The normalized spacial score (nSPS) is 18.8. The van der Waals surface area contributed by atoms with Gasteiger partial charge in [-0.3, -0.25) is 4.68 Å². The fraction of sp³-hybridized carbons (Fsp3) is 0.556. The molecule has 6 heteroatoms. The molecular formula is C18H26N4O2. The van der Waals surface area contributed by atoms with E-state index >= 15 is 0 Å².